The van der Waals surface area contributed by atoms with Crippen molar-refractivity contribution in [2.24, 2.45) is 0 Å². The highest BCUT2D eigenvalue weighted by molar-refractivity contribution is 8.00. The number of nitrogens with one attached hydrogen (secondary N) is 1. The minimum atomic E-state index is -0.251. The van der Waals surface area contributed by atoms with E-state index in [9.17, 15) is 4.79 Å². The van der Waals surface area contributed by atoms with E-state index in [0.29, 0.717) is 11.7 Å². The maximum atomic E-state index is 12.1. The van der Waals surface area contributed by atoms with Crippen LogP contribution in [0.3, 0.4) is 0 Å². The molecule has 0 aliphatic carbocycles. The van der Waals surface area contributed by atoms with Gasteiger partial charge in [0.25, 0.3) is 0 Å². The number of rotatable bonds is 5. The molecule has 1 saturated heterocycles. The van der Waals surface area contributed by atoms with Crippen molar-refractivity contribution >= 4 is 17.7 Å². The summed E-state index contributed by atoms with van der Waals surface area (Å²) in [7, 11) is 0. The Morgan fingerprint density at radius 2 is 2.33 bits per heavy atom. The Balaban J connectivity index is 1.93. The molecule has 0 bridgehead atoms. The van der Waals surface area contributed by atoms with Crippen molar-refractivity contribution in [3.63, 3.8) is 0 Å². The number of carbonyl (C=O) groups excluding carboxylic acids is 1. The van der Waals surface area contributed by atoms with Gasteiger partial charge in [-0.1, -0.05) is 11.8 Å². The maximum absolute atomic E-state index is 12.1. The van der Waals surface area contributed by atoms with Gasteiger partial charge in [0.1, 0.15) is 0 Å². The minimum absolute atomic E-state index is 0.0147. The summed E-state index contributed by atoms with van der Waals surface area (Å²) in [5.74, 6) is -0.0147. The smallest absolute Gasteiger partial charge is 0.233 e. The van der Waals surface area contributed by atoms with Crippen LogP contribution >= 0.6 is 11.8 Å². The SMILES string of the molecule is CC(Sc1nnnn1CC1CCCO1)C(=O)NC(C)(C)C. The fourth-order valence-corrected chi connectivity index (χ4v) is 2.86. The molecule has 1 aromatic heterocycles. The van der Waals surface area contributed by atoms with Gasteiger partial charge in [-0.15, -0.1) is 5.10 Å². The van der Waals surface area contributed by atoms with Crippen LogP contribution in [0.25, 0.3) is 0 Å². The lowest BCUT2D eigenvalue weighted by Crippen LogP contribution is -2.44. The van der Waals surface area contributed by atoms with Crippen LogP contribution in [0, 0.1) is 0 Å². The zero-order chi connectivity index (χ0) is 15.5. The highest BCUT2D eigenvalue weighted by atomic mass is 32.2. The molecule has 0 aromatic carbocycles. The molecule has 1 N–H and O–H groups in total. The summed E-state index contributed by atoms with van der Waals surface area (Å²) in [6, 6.07) is 0. The minimum Gasteiger partial charge on any atom is -0.376 e. The van der Waals surface area contributed by atoms with Crippen LogP contribution in [-0.4, -0.2) is 49.6 Å². The summed E-state index contributed by atoms with van der Waals surface area (Å²) in [4.78, 5) is 12.1. The molecule has 2 heterocycles. The van der Waals surface area contributed by atoms with E-state index in [1.807, 2.05) is 27.7 Å². The molecule has 0 spiro atoms. The van der Waals surface area contributed by atoms with Gasteiger partial charge in [0, 0.05) is 12.1 Å². The van der Waals surface area contributed by atoms with Gasteiger partial charge >= 0.3 is 0 Å². The van der Waals surface area contributed by atoms with Crippen molar-refractivity contribution in [2.75, 3.05) is 6.61 Å². The largest absolute Gasteiger partial charge is 0.376 e. The summed E-state index contributed by atoms with van der Waals surface area (Å²) < 4.78 is 7.32. The lowest BCUT2D eigenvalue weighted by Gasteiger charge is -2.22. The third-order valence-electron chi connectivity index (χ3n) is 3.05. The summed E-state index contributed by atoms with van der Waals surface area (Å²) in [5.41, 5.74) is -0.241. The molecular formula is C13H23N5O2S. The van der Waals surface area contributed by atoms with Gasteiger partial charge in [-0.05, 0) is 51.0 Å². The second kappa shape index (κ2) is 6.74. The summed E-state index contributed by atoms with van der Waals surface area (Å²) >= 11 is 1.37. The van der Waals surface area contributed by atoms with Gasteiger partial charge in [-0.25, -0.2) is 4.68 Å². The number of hydrogen-bond acceptors (Lipinski definition) is 6. The lowest BCUT2D eigenvalue weighted by molar-refractivity contribution is -0.121. The van der Waals surface area contributed by atoms with Crippen LogP contribution < -0.4 is 5.32 Å². The van der Waals surface area contributed by atoms with E-state index in [1.165, 1.54) is 11.8 Å². The molecule has 2 rings (SSSR count). The van der Waals surface area contributed by atoms with Crippen LogP contribution in [0.4, 0.5) is 0 Å². The molecule has 8 heteroatoms. The summed E-state index contributed by atoms with van der Waals surface area (Å²) in [6.45, 7) is 9.19. The van der Waals surface area contributed by atoms with Gasteiger partial charge in [-0.2, -0.15) is 0 Å². The van der Waals surface area contributed by atoms with E-state index in [0.717, 1.165) is 19.4 Å². The van der Waals surface area contributed by atoms with Gasteiger partial charge in [0.05, 0.1) is 17.9 Å². The third kappa shape index (κ3) is 4.96. The second-order valence-corrected chi connectivity index (χ2v) is 7.59. The molecule has 1 fully saturated rings. The van der Waals surface area contributed by atoms with Crippen LogP contribution in [0.5, 0.6) is 0 Å². The second-order valence-electron chi connectivity index (χ2n) is 6.28. The molecule has 2 unspecified atom stereocenters. The Bertz CT molecular complexity index is 479. The number of ether oxygens (including phenoxy) is 1. The molecule has 0 saturated carbocycles. The Morgan fingerprint density at radius 1 is 1.57 bits per heavy atom. The number of aromatic nitrogens is 4. The molecule has 21 heavy (non-hydrogen) atoms. The fourth-order valence-electron chi connectivity index (χ4n) is 2.06. The summed E-state index contributed by atoms with van der Waals surface area (Å²) in [6.07, 6.45) is 2.29. The van der Waals surface area contributed by atoms with Crippen molar-refractivity contribution in [1.82, 2.24) is 25.5 Å². The highest BCUT2D eigenvalue weighted by Crippen LogP contribution is 2.22. The van der Waals surface area contributed by atoms with E-state index in [2.05, 4.69) is 20.8 Å². The molecule has 1 aromatic rings. The average Bonchev–Trinajstić information content (AvgIpc) is 3.00. The van der Waals surface area contributed by atoms with Gasteiger partial charge in [0.2, 0.25) is 11.1 Å². The lowest BCUT2D eigenvalue weighted by atomic mass is 10.1. The number of amides is 1. The Kier molecular flexibility index (Phi) is 5.21. The standard InChI is InChI=1S/C13H23N5O2S/c1-9(11(19)14-13(2,3)4)21-12-15-16-17-18(12)8-10-6-5-7-20-10/h9-10H,5-8H2,1-4H3,(H,14,19). The zero-order valence-electron chi connectivity index (χ0n) is 13.0. The third-order valence-corrected chi connectivity index (χ3v) is 4.12. The molecule has 1 amide bonds. The fraction of sp³-hybridized carbons (Fsp3) is 0.846. The van der Waals surface area contributed by atoms with Crippen molar-refractivity contribution < 1.29 is 9.53 Å². The number of hydrogen-bond donors (Lipinski definition) is 1. The monoisotopic (exact) mass is 313 g/mol. The Morgan fingerprint density at radius 3 is 2.95 bits per heavy atom. The topological polar surface area (TPSA) is 81.9 Å². The van der Waals surface area contributed by atoms with Crippen LogP contribution in [0.1, 0.15) is 40.5 Å². The molecule has 118 valence electrons. The van der Waals surface area contributed by atoms with Gasteiger partial charge < -0.3 is 10.1 Å². The first-order chi connectivity index (χ1) is 9.85. The number of tetrazole rings is 1. The summed E-state index contributed by atoms with van der Waals surface area (Å²) in [5, 5.41) is 15.1. The van der Waals surface area contributed by atoms with Crippen molar-refractivity contribution in [3.8, 4) is 0 Å². The van der Waals surface area contributed by atoms with Crippen LogP contribution in [-0.2, 0) is 16.1 Å². The van der Waals surface area contributed by atoms with E-state index < -0.39 is 0 Å². The molecule has 1 aliphatic rings. The predicted octanol–water partition coefficient (Wildman–Crippen LogP) is 1.25. The maximum Gasteiger partial charge on any atom is 0.233 e. The first-order valence-electron chi connectivity index (χ1n) is 7.21. The quantitative estimate of drug-likeness (QED) is 0.824. The van der Waals surface area contributed by atoms with E-state index >= 15 is 0 Å². The number of thioether (sulfide) groups is 1. The van der Waals surface area contributed by atoms with Gasteiger partial charge in [0.15, 0.2) is 0 Å². The van der Waals surface area contributed by atoms with Crippen LogP contribution in [0.2, 0.25) is 0 Å². The highest BCUT2D eigenvalue weighted by Gasteiger charge is 2.24. The first-order valence-corrected chi connectivity index (χ1v) is 8.09. The van der Waals surface area contributed by atoms with E-state index in [1.54, 1.807) is 4.68 Å². The molecule has 1 aliphatic heterocycles. The molecule has 0 radical (unpaired) electrons. The van der Waals surface area contributed by atoms with Crippen LogP contribution in [0.15, 0.2) is 5.16 Å². The average molecular weight is 313 g/mol. The molecule has 7 nitrogen and oxygen atoms in total. The molecule has 2 atom stereocenters. The predicted molar refractivity (Wildman–Crippen MR) is 80.0 cm³/mol. The van der Waals surface area contributed by atoms with E-state index in [-0.39, 0.29) is 22.8 Å². The number of carbonyl (C=O) groups is 1. The first kappa shape index (κ1) is 16.2. The molecular weight excluding hydrogens is 290 g/mol. The van der Waals surface area contributed by atoms with Gasteiger partial charge in [-0.3, -0.25) is 4.79 Å². The van der Waals surface area contributed by atoms with E-state index in [4.69, 9.17) is 4.74 Å². The Hall–Kier alpha value is -1.15. The zero-order valence-corrected chi connectivity index (χ0v) is 13.8. The Labute approximate surface area is 129 Å². The van der Waals surface area contributed by atoms with Crippen molar-refractivity contribution in [2.45, 2.75) is 69.1 Å². The normalized spacial score (nSPS) is 20.5. The van der Waals surface area contributed by atoms with Crippen molar-refractivity contribution in [3.05, 3.63) is 0 Å². The number of nitrogens with zero attached hydrogens (tertiary/aromatic N) is 4. The van der Waals surface area contributed by atoms with Crippen molar-refractivity contribution in [1.29, 1.82) is 0 Å².